The molecule has 134 valence electrons. The molecule has 0 radical (unpaired) electrons. The molecule has 0 unspecified atom stereocenters. The molecule has 0 spiro atoms. The third-order valence-electron chi connectivity index (χ3n) is 4.33. The summed E-state index contributed by atoms with van der Waals surface area (Å²) in [5.41, 5.74) is 0.735. The summed E-state index contributed by atoms with van der Waals surface area (Å²) in [6, 6.07) is 8.48. The summed E-state index contributed by atoms with van der Waals surface area (Å²) in [5.74, 6) is -0.115. The molecule has 25 heavy (non-hydrogen) atoms. The molecule has 0 bridgehead atoms. The first-order valence-electron chi connectivity index (χ1n) is 8.36. The van der Waals surface area contributed by atoms with Gasteiger partial charge in [-0.2, -0.15) is 0 Å². The third-order valence-corrected chi connectivity index (χ3v) is 6.92. The Morgan fingerprint density at radius 1 is 1.12 bits per heavy atom. The topological polar surface area (TPSA) is 66.5 Å². The number of thiophene rings is 1. The lowest BCUT2D eigenvalue weighted by atomic mass is 10.1. The number of rotatable bonds is 4. The van der Waals surface area contributed by atoms with Crippen LogP contribution in [-0.4, -0.2) is 32.3 Å². The Balaban J connectivity index is 1.90. The molecule has 1 aliphatic heterocycles. The second-order valence-electron chi connectivity index (χ2n) is 6.28. The van der Waals surface area contributed by atoms with E-state index < -0.39 is 10.0 Å². The maximum atomic E-state index is 12.8. The molecule has 1 aromatic carbocycles. The van der Waals surface area contributed by atoms with Gasteiger partial charge in [-0.05, 0) is 51.3 Å². The fraction of sp³-hybridized carbons (Fsp3) is 0.389. The van der Waals surface area contributed by atoms with Gasteiger partial charge in [0.2, 0.25) is 0 Å². The number of piperidine rings is 1. The molecule has 1 aliphatic rings. The number of carbonyl (C=O) groups is 1. The lowest BCUT2D eigenvalue weighted by Gasteiger charge is -2.27. The van der Waals surface area contributed by atoms with Gasteiger partial charge in [-0.25, -0.2) is 8.42 Å². The highest BCUT2D eigenvalue weighted by Gasteiger charge is 2.24. The second kappa shape index (κ2) is 7.17. The number of hydrogen-bond acceptors (Lipinski definition) is 4. The summed E-state index contributed by atoms with van der Waals surface area (Å²) in [4.78, 5) is 16.6. The van der Waals surface area contributed by atoms with Crippen LogP contribution < -0.4 is 4.72 Å². The van der Waals surface area contributed by atoms with Crippen molar-refractivity contribution < 1.29 is 13.2 Å². The summed E-state index contributed by atoms with van der Waals surface area (Å²) in [6.45, 7) is 5.12. The summed E-state index contributed by atoms with van der Waals surface area (Å²) in [7, 11) is -3.72. The van der Waals surface area contributed by atoms with Crippen LogP contribution in [0.3, 0.4) is 0 Å². The molecule has 1 saturated heterocycles. The lowest BCUT2D eigenvalue weighted by Crippen LogP contribution is -2.36. The van der Waals surface area contributed by atoms with E-state index >= 15 is 0 Å². The van der Waals surface area contributed by atoms with Crippen molar-refractivity contribution in [1.29, 1.82) is 0 Å². The van der Waals surface area contributed by atoms with E-state index in [1.54, 1.807) is 42.2 Å². The van der Waals surface area contributed by atoms with E-state index in [-0.39, 0.29) is 10.8 Å². The summed E-state index contributed by atoms with van der Waals surface area (Å²) < 4.78 is 28.1. The number of sulfonamides is 1. The average Bonchev–Trinajstić information content (AvgIpc) is 2.94. The number of para-hydroxylation sites is 1. The zero-order valence-electron chi connectivity index (χ0n) is 14.4. The first-order valence-corrected chi connectivity index (χ1v) is 10.7. The van der Waals surface area contributed by atoms with E-state index in [0.29, 0.717) is 11.3 Å². The number of nitrogens with zero attached hydrogens (tertiary/aromatic N) is 1. The summed E-state index contributed by atoms with van der Waals surface area (Å²) in [6.07, 6.45) is 3.12. The van der Waals surface area contributed by atoms with Gasteiger partial charge >= 0.3 is 0 Å². The molecule has 1 fully saturated rings. The maximum absolute atomic E-state index is 12.8. The number of nitrogens with one attached hydrogen (secondary N) is 1. The molecule has 0 saturated carbocycles. The highest BCUT2D eigenvalue weighted by atomic mass is 32.2. The third kappa shape index (κ3) is 3.88. The summed E-state index contributed by atoms with van der Waals surface area (Å²) in [5, 5.41) is 0. The van der Waals surface area contributed by atoms with Gasteiger partial charge in [-0.15, -0.1) is 11.3 Å². The minimum absolute atomic E-state index is 0.115. The van der Waals surface area contributed by atoms with Crippen molar-refractivity contribution in [3.8, 4) is 0 Å². The molecule has 5 nitrogen and oxygen atoms in total. The number of carbonyl (C=O) groups excluding carboxylic acids is 1. The lowest BCUT2D eigenvalue weighted by molar-refractivity contribution is 0.0725. The molecular formula is C18H22N2O3S2. The maximum Gasteiger partial charge on any atom is 0.263 e. The first kappa shape index (κ1) is 17.9. The number of aryl methyl sites for hydroxylation is 2. The molecule has 2 aromatic rings. The van der Waals surface area contributed by atoms with E-state index in [2.05, 4.69) is 4.72 Å². The van der Waals surface area contributed by atoms with E-state index in [9.17, 15) is 13.2 Å². The minimum atomic E-state index is -3.72. The van der Waals surface area contributed by atoms with E-state index in [1.165, 1.54) is 11.3 Å². The largest absolute Gasteiger partial charge is 0.339 e. The van der Waals surface area contributed by atoms with Crippen molar-refractivity contribution in [3.05, 3.63) is 45.6 Å². The number of hydrogen-bond donors (Lipinski definition) is 1. The van der Waals surface area contributed by atoms with Crippen LogP contribution in [0.15, 0.2) is 35.2 Å². The van der Waals surface area contributed by atoms with Gasteiger partial charge in [0, 0.05) is 22.8 Å². The van der Waals surface area contributed by atoms with Crippen LogP contribution in [0.5, 0.6) is 0 Å². The highest BCUT2D eigenvalue weighted by Crippen LogP contribution is 2.28. The Hall–Kier alpha value is -1.86. The second-order valence-corrected chi connectivity index (χ2v) is 9.39. The summed E-state index contributed by atoms with van der Waals surface area (Å²) >= 11 is 1.45. The number of benzene rings is 1. The zero-order chi connectivity index (χ0) is 18.0. The molecule has 0 atom stereocenters. The predicted molar refractivity (Wildman–Crippen MR) is 101 cm³/mol. The molecule has 7 heteroatoms. The number of likely N-dealkylation sites (tertiary alicyclic amines) is 1. The van der Waals surface area contributed by atoms with Crippen LogP contribution >= 0.6 is 11.3 Å². The van der Waals surface area contributed by atoms with Gasteiger partial charge in [0.25, 0.3) is 15.9 Å². The van der Waals surface area contributed by atoms with Gasteiger partial charge in [-0.1, -0.05) is 12.1 Å². The fourth-order valence-electron chi connectivity index (χ4n) is 3.10. The van der Waals surface area contributed by atoms with Crippen molar-refractivity contribution in [1.82, 2.24) is 4.90 Å². The predicted octanol–water partition coefficient (Wildman–Crippen LogP) is 3.79. The van der Waals surface area contributed by atoms with Gasteiger partial charge in [0.15, 0.2) is 0 Å². The van der Waals surface area contributed by atoms with Crippen LogP contribution in [0.4, 0.5) is 5.69 Å². The number of anilines is 1. The minimum Gasteiger partial charge on any atom is -0.339 e. The molecule has 0 aliphatic carbocycles. The van der Waals surface area contributed by atoms with Gasteiger partial charge < -0.3 is 4.90 Å². The van der Waals surface area contributed by atoms with Gasteiger partial charge in [-0.3, -0.25) is 9.52 Å². The standard InChI is InChI=1S/C18H22N2O3S2/c1-13-12-17(14(2)24-13)25(22,23)19-16-9-5-4-8-15(16)18(21)20-10-6-3-7-11-20/h4-5,8-9,12,19H,3,6-7,10-11H2,1-2H3. The Morgan fingerprint density at radius 3 is 2.44 bits per heavy atom. The SMILES string of the molecule is Cc1cc(S(=O)(=O)Nc2ccccc2C(=O)N2CCCCC2)c(C)s1. The van der Waals surface area contributed by atoms with Crippen molar-refractivity contribution in [2.75, 3.05) is 17.8 Å². The van der Waals surface area contributed by atoms with Crippen LogP contribution in [-0.2, 0) is 10.0 Å². The quantitative estimate of drug-likeness (QED) is 0.880. The van der Waals surface area contributed by atoms with Crippen molar-refractivity contribution in [3.63, 3.8) is 0 Å². The van der Waals surface area contributed by atoms with Crippen molar-refractivity contribution >= 4 is 33.0 Å². The van der Waals surface area contributed by atoms with E-state index in [1.807, 2.05) is 6.92 Å². The highest BCUT2D eigenvalue weighted by molar-refractivity contribution is 7.93. The van der Waals surface area contributed by atoms with Gasteiger partial charge in [0.05, 0.1) is 11.3 Å². The van der Waals surface area contributed by atoms with Crippen molar-refractivity contribution in [2.45, 2.75) is 38.0 Å². The Morgan fingerprint density at radius 2 is 1.80 bits per heavy atom. The molecule has 1 N–H and O–H groups in total. The molecule has 3 rings (SSSR count). The fourth-order valence-corrected chi connectivity index (χ4v) is 5.74. The monoisotopic (exact) mass is 378 g/mol. The Labute approximate surface area is 152 Å². The molecular weight excluding hydrogens is 356 g/mol. The normalized spacial score (nSPS) is 15.2. The molecule has 2 heterocycles. The van der Waals surface area contributed by atoms with Crippen molar-refractivity contribution in [2.24, 2.45) is 0 Å². The van der Waals surface area contributed by atoms with Gasteiger partial charge in [0.1, 0.15) is 4.90 Å². The van der Waals surface area contributed by atoms with E-state index in [0.717, 1.165) is 42.1 Å². The number of amides is 1. The molecule has 1 amide bonds. The Kier molecular flexibility index (Phi) is 5.15. The first-order chi connectivity index (χ1) is 11.9. The van der Waals surface area contributed by atoms with E-state index in [4.69, 9.17) is 0 Å². The van der Waals surface area contributed by atoms with Crippen LogP contribution in [0.2, 0.25) is 0 Å². The smallest absolute Gasteiger partial charge is 0.263 e. The van der Waals surface area contributed by atoms with Crippen LogP contribution in [0, 0.1) is 13.8 Å². The van der Waals surface area contributed by atoms with Crippen LogP contribution in [0.25, 0.3) is 0 Å². The molecule has 1 aromatic heterocycles. The average molecular weight is 379 g/mol. The zero-order valence-corrected chi connectivity index (χ0v) is 16.0. The van der Waals surface area contributed by atoms with Crippen LogP contribution in [0.1, 0.15) is 39.4 Å². The Bertz CT molecular complexity index is 881.